The van der Waals surface area contributed by atoms with E-state index in [1.165, 1.54) is 11.3 Å². The molecule has 0 unspecified atom stereocenters. The van der Waals surface area contributed by atoms with Crippen LogP contribution in [0.15, 0.2) is 30.9 Å². The second-order valence-corrected chi connectivity index (χ2v) is 13.1. The molecule has 2 aliphatic rings. The molecule has 0 radical (unpaired) electrons. The first-order valence-electron chi connectivity index (χ1n) is 13.9. The third-order valence-corrected chi connectivity index (χ3v) is 9.71. The zero-order valence-electron chi connectivity index (χ0n) is 23.4. The highest BCUT2D eigenvalue weighted by Crippen LogP contribution is 2.47. The van der Waals surface area contributed by atoms with Crippen LogP contribution in [-0.4, -0.2) is 50.9 Å². The molecule has 0 spiro atoms. The number of aromatic nitrogens is 1. The van der Waals surface area contributed by atoms with Crippen molar-refractivity contribution >= 4 is 33.3 Å². The number of Topliss-reactive ketones (excluding diaryl/α,β-unsaturated/α-hetero) is 1. The summed E-state index contributed by atoms with van der Waals surface area (Å²) in [5.41, 5.74) is 5.76. The zero-order chi connectivity index (χ0) is 28.5. The molecule has 8 nitrogen and oxygen atoms in total. The van der Waals surface area contributed by atoms with Gasteiger partial charge in [-0.3, -0.25) is 9.59 Å². The Balaban J connectivity index is 1.63. The molecule has 3 heterocycles. The van der Waals surface area contributed by atoms with Gasteiger partial charge in [-0.15, -0.1) is 17.9 Å². The second-order valence-electron chi connectivity index (χ2n) is 12.0. The fourth-order valence-electron chi connectivity index (χ4n) is 5.72. The van der Waals surface area contributed by atoms with Crippen molar-refractivity contribution in [2.45, 2.75) is 103 Å². The molecule has 1 aromatic heterocycles. The number of cyclic esters (lactones) is 1. The Morgan fingerprint density at radius 2 is 2.00 bits per heavy atom. The summed E-state index contributed by atoms with van der Waals surface area (Å²) < 4.78 is 13.1. The Kier molecular flexibility index (Phi) is 8.98. The Morgan fingerprint density at radius 1 is 1.26 bits per heavy atom. The number of benzene rings is 1. The van der Waals surface area contributed by atoms with Crippen LogP contribution in [-0.2, 0) is 25.6 Å². The highest BCUT2D eigenvalue weighted by Gasteiger charge is 2.53. The number of carbonyl (C=O) groups excluding carboxylic acids is 2. The summed E-state index contributed by atoms with van der Waals surface area (Å²) in [7, 11) is 0. The number of fused-ring (bicyclic) bond motifs is 2. The van der Waals surface area contributed by atoms with Crippen LogP contribution in [0.3, 0.4) is 0 Å². The molecule has 4 N–H and O–H groups in total. The van der Waals surface area contributed by atoms with Gasteiger partial charge < -0.3 is 25.4 Å². The van der Waals surface area contributed by atoms with E-state index in [2.05, 4.69) is 18.5 Å². The monoisotopic (exact) mass is 558 g/mol. The van der Waals surface area contributed by atoms with Crippen molar-refractivity contribution in [3.63, 3.8) is 0 Å². The van der Waals surface area contributed by atoms with Gasteiger partial charge in [-0.25, -0.2) is 4.98 Å². The van der Waals surface area contributed by atoms with Crippen LogP contribution in [0.2, 0.25) is 0 Å². The summed E-state index contributed by atoms with van der Waals surface area (Å²) in [4.78, 5) is 31.4. The molecular weight excluding hydrogens is 516 g/mol. The molecule has 2 aliphatic heterocycles. The molecule has 4 rings (SSSR count). The fraction of sp³-hybridized carbons (Fsp3) is 0.633. The topological polar surface area (TPSA) is 135 Å². The molecule has 2 aromatic rings. The van der Waals surface area contributed by atoms with E-state index in [0.29, 0.717) is 19.4 Å². The molecule has 0 amide bonds. The molecule has 0 saturated carbocycles. The lowest BCUT2D eigenvalue weighted by Gasteiger charge is -2.35. The summed E-state index contributed by atoms with van der Waals surface area (Å²) in [5.74, 6) is -1.73. The van der Waals surface area contributed by atoms with Crippen LogP contribution < -0.4 is 5.73 Å². The third-order valence-electron chi connectivity index (χ3n) is 8.65. The van der Waals surface area contributed by atoms with Gasteiger partial charge in [0.05, 0.1) is 46.0 Å². The molecule has 0 aliphatic carbocycles. The maximum atomic E-state index is 13.6. The van der Waals surface area contributed by atoms with Crippen LogP contribution in [0, 0.1) is 17.3 Å². The number of nitrogens with zero attached hydrogens (tertiary/aromatic N) is 1. The Labute approximate surface area is 234 Å². The first kappa shape index (κ1) is 29.8. The van der Waals surface area contributed by atoms with Gasteiger partial charge in [0.1, 0.15) is 16.9 Å². The first-order valence-corrected chi connectivity index (χ1v) is 14.7. The van der Waals surface area contributed by atoms with Gasteiger partial charge in [0.15, 0.2) is 0 Å². The van der Waals surface area contributed by atoms with Crippen LogP contribution >= 0.6 is 11.3 Å². The smallest absolute Gasteiger partial charge is 0.309 e. The third kappa shape index (κ3) is 6.43. The standard InChI is InChI=1S/C30H42N2O6S/c1-6-8-19-27(35)17(2)9-7-12-30(5)24(38-30)14-21(37-26(34)15-23(33)29(3,4)28(19)36)18-10-11-22-20(13-18)32-25(16-31)39-22/h6,10-11,13,17,19,21,23-24,27,33,35H,1,7-9,12,14-16,31H2,2-5H3/t17-,19+,21-,23-,24-,27-,30+/m0/s1. The van der Waals surface area contributed by atoms with Crippen molar-refractivity contribution in [1.29, 1.82) is 0 Å². The van der Waals surface area contributed by atoms with Crippen molar-refractivity contribution in [1.82, 2.24) is 4.98 Å². The van der Waals surface area contributed by atoms with E-state index in [-0.39, 0.29) is 29.8 Å². The number of esters is 1. The number of hydrogen-bond acceptors (Lipinski definition) is 9. The highest BCUT2D eigenvalue weighted by molar-refractivity contribution is 7.18. The number of rotatable bonds is 4. The van der Waals surface area contributed by atoms with Crippen LogP contribution in [0.25, 0.3) is 10.2 Å². The van der Waals surface area contributed by atoms with Crippen LogP contribution in [0.4, 0.5) is 0 Å². The lowest BCUT2D eigenvalue weighted by Crippen LogP contribution is -2.46. The van der Waals surface area contributed by atoms with Gasteiger partial charge in [-0.2, -0.15) is 0 Å². The maximum absolute atomic E-state index is 13.6. The first-order chi connectivity index (χ1) is 18.4. The Morgan fingerprint density at radius 3 is 2.69 bits per heavy atom. The Bertz CT molecular complexity index is 1210. The highest BCUT2D eigenvalue weighted by atomic mass is 32.1. The number of hydrogen-bond donors (Lipinski definition) is 3. The van der Waals surface area contributed by atoms with E-state index >= 15 is 0 Å². The minimum absolute atomic E-state index is 0.0920. The number of carbonyl (C=O) groups is 2. The van der Waals surface area contributed by atoms with Crippen LogP contribution in [0.1, 0.15) is 82.9 Å². The summed E-state index contributed by atoms with van der Waals surface area (Å²) in [5, 5.41) is 23.0. The number of thiazole rings is 1. The molecule has 7 atom stereocenters. The molecule has 2 saturated heterocycles. The van der Waals surface area contributed by atoms with Crippen molar-refractivity contribution < 1.29 is 29.3 Å². The van der Waals surface area contributed by atoms with Gasteiger partial charge in [-0.05, 0) is 49.8 Å². The minimum Gasteiger partial charge on any atom is -0.457 e. The quantitative estimate of drug-likeness (QED) is 0.281. The minimum atomic E-state index is -1.28. The van der Waals surface area contributed by atoms with E-state index in [4.69, 9.17) is 15.2 Å². The molecule has 214 valence electrons. The van der Waals surface area contributed by atoms with Gasteiger partial charge in [0.2, 0.25) is 0 Å². The zero-order valence-corrected chi connectivity index (χ0v) is 24.2. The van der Waals surface area contributed by atoms with Gasteiger partial charge in [0.25, 0.3) is 0 Å². The SMILES string of the molecule is C=CC[C@H]1C(=O)C(C)(C)[C@@H](O)CC(=O)O[C@H](c2ccc3sc(CN)nc3c2)C[C@@H]2O[C@]2(C)CCC[C@H](C)[C@@H]1O. The maximum Gasteiger partial charge on any atom is 0.309 e. The number of ketones is 1. The molecular formula is C30H42N2O6S. The molecule has 0 bridgehead atoms. The molecule has 1 aromatic carbocycles. The molecule has 9 heteroatoms. The fourth-order valence-corrected chi connectivity index (χ4v) is 6.55. The number of nitrogens with two attached hydrogens (primary N) is 1. The van der Waals surface area contributed by atoms with E-state index in [1.807, 2.05) is 25.1 Å². The number of allylic oxidation sites excluding steroid dienone is 1. The number of ether oxygens (including phenoxy) is 2. The predicted octanol–water partition coefficient (Wildman–Crippen LogP) is 4.61. The number of aliphatic hydroxyl groups is 2. The lowest BCUT2D eigenvalue weighted by molar-refractivity contribution is -0.156. The number of epoxide rings is 1. The van der Waals surface area contributed by atoms with Crippen LogP contribution in [0.5, 0.6) is 0 Å². The van der Waals surface area contributed by atoms with E-state index in [9.17, 15) is 19.8 Å². The van der Waals surface area contributed by atoms with Crippen molar-refractivity contribution in [3.05, 3.63) is 41.4 Å². The van der Waals surface area contributed by atoms with Crippen molar-refractivity contribution in [3.8, 4) is 0 Å². The van der Waals surface area contributed by atoms with E-state index in [1.54, 1.807) is 19.9 Å². The average molecular weight is 559 g/mol. The largest absolute Gasteiger partial charge is 0.457 e. The molecule has 39 heavy (non-hydrogen) atoms. The predicted molar refractivity (Wildman–Crippen MR) is 151 cm³/mol. The van der Waals surface area contributed by atoms with Crippen molar-refractivity contribution in [2.75, 3.05) is 0 Å². The average Bonchev–Trinajstić information content (AvgIpc) is 3.33. The summed E-state index contributed by atoms with van der Waals surface area (Å²) in [6.45, 7) is 11.4. The lowest BCUT2D eigenvalue weighted by atomic mass is 9.71. The molecule has 2 fully saturated rings. The van der Waals surface area contributed by atoms with Gasteiger partial charge in [-0.1, -0.05) is 39.3 Å². The summed E-state index contributed by atoms with van der Waals surface area (Å²) >= 11 is 1.53. The second kappa shape index (κ2) is 11.7. The Hall–Kier alpha value is -2.17. The van der Waals surface area contributed by atoms with Gasteiger partial charge in [0, 0.05) is 18.9 Å². The van der Waals surface area contributed by atoms with E-state index in [0.717, 1.165) is 40.1 Å². The number of aliphatic hydroxyl groups excluding tert-OH is 2. The van der Waals surface area contributed by atoms with Crippen molar-refractivity contribution in [2.24, 2.45) is 23.0 Å². The normalized spacial score (nSPS) is 34.3. The summed E-state index contributed by atoms with van der Waals surface area (Å²) in [6, 6.07) is 5.82. The van der Waals surface area contributed by atoms with E-state index < -0.39 is 35.6 Å². The van der Waals surface area contributed by atoms with Gasteiger partial charge >= 0.3 is 5.97 Å². The summed E-state index contributed by atoms with van der Waals surface area (Å²) in [6.07, 6.45) is 1.55.